The molecular weight excluding hydrogens is 330 g/mol. The fraction of sp³-hybridized carbons (Fsp3) is 0.647. The quantitative estimate of drug-likeness (QED) is 0.799. The van der Waals surface area contributed by atoms with Crippen LogP contribution in [0.4, 0.5) is 0 Å². The van der Waals surface area contributed by atoms with Gasteiger partial charge in [-0.05, 0) is 49.9 Å². The van der Waals surface area contributed by atoms with Gasteiger partial charge >= 0.3 is 0 Å². The molecule has 0 aromatic heterocycles. The number of hydrogen-bond acceptors (Lipinski definition) is 3. The van der Waals surface area contributed by atoms with Crippen molar-refractivity contribution in [2.75, 3.05) is 20.2 Å². The van der Waals surface area contributed by atoms with E-state index in [0.717, 1.165) is 36.8 Å². The van der Waals surface area contributed by atoms with E-state index in [0.29, 0.717) is 12.2 Å². The Morgan fingerprint density at radius 1 is 1.24 bits per heavy atom. The molecule has 3 unspecified atom stereocenters. The predicted molar refractivity (Wildman–Crippen MR) is 89.6 cm³/mol. The minimum atomic E-state index is 0.110. The largest absolute Gasteiger partial charge is 0.381 e. The molecule has 0 bridgehead atoms. The van der Waals surface area contributed by atoms with Crippen molar-refractivity contribution >= 4 is 15.9 Å². The lowest BCUT2D eigenvalue weighted by atomic mass is 9.94. The summed E-state index contributed by atoms with van der Waals surface area (Å²) >= 11 is 3.49. The lowest BCUT2D eigenvalue weighted by molar-refractivity contribution is -0.0655. The topological polar surface area (TPSA) is 30.5 Å². The van der Waals surface area contributed by atoms with Crippen molar-refractivity contribution in [3.8, 4) is 0 Å². The molecule has 1 aliphatic carbocycles. The van der Waals surface area contributed by atoms with Crippen LogP contribution in [0.2, 0.25) is 0 Å². The van der Waals surface area contributed by atoms with Gasteiger partial charge in [0.1, 0.15) is 0 Å². The molecule has 0 heterocycles. The Kier molecular flexibility index (Phi) is 7.17. The molecule has 2 rings (SSSR count). The van der Waals surface area contributed by atoms with Crippen LogP contribution in [-0.2, 0) is 9.47 Å². The summed E-state index contributed by atoms with van der Waals surface area (Å²) in [5.74, 6) is 0. The summed E-state index contributed by atoms with van der Waals surface area (Å²) in [4.78, 5) is 0. The molecule has 118 valence electrons. The number of methoxy groups -OCH3 is 1. The number of nitrogens with one attached hydrogen (secondary N) is 1. The molecule has 4 heteroatoms. The molecule has 1 aromatic carbocycles. The normalized spacial score (nSPS) is 24.0. The van der Waals surface area contributed by atoms with E-state index in [1.165, 1.54) is 12.0 Å². The third-order valence-corrected chi connectivity index (χ3v) is 4.62. The van der Waals surface area contributed by atoms with Gasteiger partial charge in [0.05, 0.1) is 18.3 Å². The lowest BCUT2D eigenvalue weighted by Gasteiger charge is -2.31. The van der Waals surface area contributed by atoms with E-state index in [1.54, 1.807) is 7.11 Å². The van der Waals surface area contributed by atoms with Crippen molar-refractivity contribution in [3.05, 3.63) is 34.3 Å². The summed E-state index contributed by atoms with van der Waals surface area (Å²) in [6.07, 6.45) is 5.27. The van der Waals surface area contributed by atoms with Gasteiger partial charge < -0.3 is 14.8 Å². The third kappa shape index (κ3) is 5.37. The second kappa shape index (κ2) is 8.89. The molecular formula is C17H26BrNO2. The van der Waals surface area contributed by atoms with Crippen LogP contribution in [0, 0.1) is 0 Å². The van der Waals surface area contributed by atoms with Crippen LogP contribution < -0.4 is 5.32 Å². The highest BCUT2D eigenvalue weighted by atomic mass is 79.9. The van der Waals surface area contributed by atoms with E-state index in [9.17, 15) is 0 Å². The number of ether oxygens (including phenoxy) is 2. The second-order valence-electron chi connectivity index (χ2n) is 5.63. The van der Waals surface area contributed by atoms with Crippen LogP contribution in [0.15, 0.2) is 28.7 Å². The van der Waals surface area contributed by atoms with Gasteiger partial charge in [-0.1, -0.05) is 35.0 Å². The Bertz CT molecular complexity index is 410. The van der Waals surface area contributed by atoms with Gasteiger partial charge in [-0.3, -0.25) is 0 Å². The van der Waals surface area contributed by atoms with Gasteiger partial charge in [0, 0.05) is 18.1 Å². The summed E-state index contributed by atoms with van der Waals surface area (Å²) in [6, 6.07) is 8.44. The maximum absolute atomic E-state index is 6.39. The van der Waals surface area contributed by atoms with Crippen molar-refractivity contribution < 1.29 is 9.47 Å². The average molecular weight is 356 g/mol. The van der Waals surface area contributed by atoms with Gasteiger partial charge in [-0.15, -0.1) is 0 Å². The second-order valence-corrected chi connectivity index (χ2v) is 6.55. The molecule has 1 aliphatic rings. The van der Waals surface area contributed by atoms with Crippen LogP contribution >= 0.6 is 15.9 Å². The molecule has 1 N–H and O–H groups in total. The van der Waals surface area contributed by atoms with Crippen LogP contribution in [0.3, 0.4) is 0 Å². The zero-order valence-corrected chi connectivity index (χ0v) is 14.6. The summed E-state index contributed by atoms with van der Waals surface area (Å²) in [5.41, 5.74) is 1.23. The van der Waals surface area contributed by atoms with E-state index >= 15 is 0 Å². The fourth-order valence-corrected chi connectivity index (χ4v) is 3.13. The SMILES string of the molecule is CCNCC(OC1CCCC(OC)C1)c1ccc(Br)cc1. The summed E-state index contributed by atoms with van der Waals surface area (Å²) in [6.45, 7) is 3.94. The first-order valence-corrected chi connectivity index (χ1v) is 8.66. The van der Waals surface area contributed by atoms with E-state index in [4.69, 9.17) is 9.47 Å². The molecule has 0 radical (unpaired) electrons. The van der Waals surface area contributed by atoms with Crippen LogP contribution in [0.1, 0.15) is 44.3 Å². The van der Waals surface area contributed by atoms with Gasteiger partial charge in [0.2, 0.25) is 0 Å². The molecule has 3 atom stereocenters. The van der Waals surface area contributed by atoms with E-state index < -0.39 is 0 Å². The molecule has 0 saturated heterocycles. The standard InChI is InChI=1S/C17H26BrNO2/c1-3-19-12-17(13-7-9-14(18)10-8-13)21-16-6-4-5-15(11-16)20-2/h7-10,15-17,19H,3-6,11-12H2,1-2H3. The fourth-order valence-electron chi connectivity index (χ4n) is 2.87. The Labute approximate surface area is 136 Å². The molecule has 0 aliphatic heterocycles. The smallest absolute Gasteiger partial charge is 0.0952 e. The Morgan fingerprint density at radius 3 is 2.62 bits per heavy atom. The molecule has 1 fully saturated rings. The number of hydrogen-bond donors (Lipinski definition) is 1. The van der Waals surface area contributed by atoms with E-state index in [2.05, 4.69) is 52.4 Å². The van der Waals surface area contributed by atoms with Crippen LogP contribution in [-0.4, -0.2) is 32.4 Å². The molecule has 1 saturated carbocycles. The minimum absolute atomic E-state index is 0.110. The highest BCUT2D eigenvalue weighted by Gasteiger charge is 2.25. The zero-order valence-electron chi connectivity index (χ0n) is 13.0. The maximum Gasteiger partial charge on any atom is 0.0952 e. The molecule has 3 nitrogen and oxygen atoms in total. The predicted octanol–water partition coefficient (Wildman–Crippen LogP) is 4.07. The van der Waals surface area contributed by atoms with E-state index in [1.807, 2.05) is 0 Å². The van der Waals surface area contributed by atoms with Crippen molar-refractivity contribution in [1.29, 1.82) is 0 Å². The monoisotopic (exact) mass is 355 g/mol. The van der Waals surface area contributed by atoms with E-state index in [-0.39, 0.29) is 6.10 Å². The molecule has 1 aromatic rings. The van der Waals surface area contributed by atoms with Gasteiger partial charge in [0.25, 0.3) is 0 Å². The molecule has 0 spiro atoms. The van der Waals surface area contributed by atoms with Gasteiger partial charge in [0.15, 0.2) is 0 Å². The van der Waals surface area contributed by atoms with Crippen molar-refractivity contribution in [2.45, 2.75) is 50.9 Å². The first kappa shape index (κ1) is 16.9. The van der Waals surface area contributed by atoms with Gasteiger partial charge in [-0.25, -0.2) is 0 Å². The minimum Gasteiger partial charge on any atom is -0.381 e. The maximum atomic E-state index is 6.39. The number of likely N-dealkylation sites (N-methyl/N-ethyl adjacent to an activating group) is 1. The first-order valence-electron chi connectivity index (χ1n) is 7.87. The summed E-state index contributed by atoms with van der Waals surface area (Å²) in [5, 5.41) is 3.41. The lowest BCUT2D eigenvalue weighted by Crippen LogP contribution is -2.32. The first-order chi connectivity index (χ1) is 10.2. The Hall–Kier alpha value is -0.420. The Morgan fingerprint density at radius 2 is 1.95 bits per heavy atom. The zero-order chi connectivity index (χ0) is 15.1. The van der Waals surface area contributed by atoms with Crippen LogP contribution in [0.25, 0.3) is 0 Å². The summed E-state index contributed by atoms with van der Waals surface area (Å²) in [7, 11) is 1.80. The van der Waals surface area contributed by atoms with Crippen molar-refractivity contribution in [2.24, 2.45) is 0 Å². The van der Waals surface area contributed by atoms with Crippen LogP contribution in [0.5, 0.6) is 0 Å². The number of rotatable bonds is 7. The molecule has 0 amide bonds. The van der Waals surface area contributed by atoms with Gasteiger partial charge in [-0.2, -0.15) is 0 Å². The summed E-state index contributed by atoms with van der Waals surface area (Å²) < 4.78 is 13.0. The average Bonchev–Trinajstić information content (AvgIpc) is 2.52. The Balaban J connectivity index is 2.00. The number of benzene rings is 1. The highest BCUT2D eigenvalue weighted by Crippen LogP contribution is 2.28. The molecule has 21 heavy (non-hydrogen) atoms. The van der Waals surface area contributed by atoms with Crippen molar-refractivity contribution in [3.63, 3.8) is 0 Å². The third-order valence-electron chi connectivity index (χ3n) is 4.09. The highest BCUT2D eigenvalue weighted by molar-refractivity contribution is 9.10. The number of halogens is 1. The van der Waals surface area contributed by atoms with Crippen molar-refractivity contribution in [1.82, 2.24) is 5.32 Å².